The van der Waals surface area contributed by atoms with E-state index in [4.69, 9.17) is 0 Å². The van der Waals surface area contributed by atoms with Crippen molar-refractivity contribution in [1.82, 2.24) is 0 Å². The molecule has 1 aliphatic rings. The molecule has 0 aromatic carbocycles. The minimum Gasteiger partial charge on any atom is -0.294 e. The van der Waals surface area contributed by atoms with Gasteiger partial charge in [0.1, 0.15) is 0 Å². The summed E-state index contributed by atoms with van der Waals surface area (Å²) in [5.74, 6) is 0.231. The highest BCUT2D eigenvalue weighted by molar-refractivity contribution is 6.01. The number of allylic oxidation sites excluding steroid dienone is 4. The van der Waals surface area contributed by atoms with Gasteiger partial charge in [-0.15, -0.1) is 0 Å². The van der Waals surface area contributed by atoms with E-state index in [0.717, 1.165) is 5.57 Å². The molecule has 1 heteroatoms. The maximum Gasteiger partial charge on any atom is 0.167 e. The smallest absolute Gasteiger partial charge is 0.167 e. The number of carbonyl (C=O) groups excluding carboxylic acids is 1. The van der Waals surface area contributed by atoms with Gasteiger partial charge in [-0.25, -0.2) is 0 Å². The molecule has 1 nitrogen and oxygen atoms in total. The summed E-state index contributed by atoms with van der Waals surface area (Å²) in [6.45, 7) is 5.72. The lowest BCUT2D eigenvalue weighted by molar-refractivity contribution is -0.121. The second kappa shape index (κ2) is 2.08. The van der Waals surface area contributed by atoms with Gasteiger partial charge in [0.2, 0.25) is 0 Å². The van der Waals surface area contributed by atoms with Crippen molar-refractivity contribution >= 4 is 5.78 Å². The molecule has 0 unspecified atom stereocenters. The number of hydrogen-bond acceptors (Lipinski definition) is 1. The number of hydrogen-bond donors (Lipinski definition) is 0. The van der Waals surface area contributed by atoms with Crippen LogP contribution in [0.5, 0.6) is 0 Å². The summed E-state index contributed by atoms with van der Waals surface area (Å²) in [5, 5.41) is 0. The number of rotatable bonds is 0. The van der Waals surface area contributed by atoms with Crippen molar-refractivity contribution in [2.75, 3.05) is 0 Å². The molecule has 0 atom stereocenters. The molecule has 54 valence electrons. The van der Waals surface area contributed by atoms with Gasteiger partial charge in [0.15, 0.2) is 5.78 Å². The molecule has 0 aromatic rings. The van der Waals surface area contributed by atoms with E-state index in [1.807, 2.05) is 39.0 Å². The molecular formula is C9H12O. The van der Waals surface area contributed by atoms with E-state index in [0.29, 0.717) is 0 Å². The molecule has 0 saturated heterocycles. The molecule has 0 fully saturated rings. The van der Waals surface area contributed by atoms with Crippen LogP contribution in [0, 0.1) is 5.41 Å². The topological polar surface area (TPSA) is 17.1 Å². The molecule has 1 aliphatic carbocycles. The molecule has 0 spiro atoms. The van der Waals surface area contributed by atoms with Gasteiger partial charge in [0.25, 0.3) is 0 Å². The first-order chi connectivity index (χ1) is 4.54. The van der Waals surface area contributed by atoms with Gasteiger partial charge in [-0.2, -0.15) is 0 Å². The molecule has 0 N–H and O–H groups in total. The van der Waals surface area contributed by atoms with Crippen molar-refractivity contribution in [2.45, 2.75) is 20.8 Å². The van der Waals surface area contributed by atoms with Crippen LogP contribution >= 0.6 is 0 Å². The summed E-state index contributed by atoms with van der Waals surface area (Å²) in [6, 6.07) is 0. The van der Waals surface area contributed by atoms with E-state index in [2.05, 4.69) is 0 Å². The lowest BCUT2D eigenvalue weighted by atomic mass is 9.81. The van der Waals surface area contributed by atoms with Crippen molar-refractivity contribution in [3.05, 3.63) is 23.8 Å². The zero-order valence-electron chi connectivity index (χ0n) is 6.64. The van der Waals surface area contributed by atoms with Crippen LogP contribution in [-0.2, 0) is 4.79 Å². The number of carbonyl (C=O) groups is 1. The Hall–Kier alpha value is -0.850. The highest BCUT2D eigenvalue weighted by Gasteiger charge is 2.26. The zero-order chi connectivity index (χ0) is 7.78. The lowest BCUT2D eigenvalue weighted by Gasteiger charge is -2.21. The average Bonchev–Trinajstić information content (AvgIpc) is 1.83. The minimum absolute atomic E-state index is 0.231. The lowest BCUT2D eigenvalue weighted by Crippen LogP contribution is -2.24. The summed E-state index contributed by atoms with van der Waals surface area (Å²) < 4.78 is 0. The van der Waals surface area contributed by atoms with Crippen molar-refractivity contribution in [3.8, 4) is 0 Å². The SMILES string of the molecule is CC1=CC=CC(C)(C)C1=O. The number of Topliss-reactive ketones (excluding diaryl/α,β-unsaturated/α-hetero) is 1. The first-order valence-corrected chi connectivity index (χ1v) is 3.45. The van der Waals surface area contributed by atoms with Gasteiger partial charge in [-0.05, 0) is 26.3 Å². The fourth-order valence-corrected chi connectivity index (χ4v) is 1.09. The van der Waals surface area contributed by atoms with E-state index in [1.165, 1.54) is 0 Å². The number of ketones is 1. The van der Waals surface area contributed by atoms with Crippen molar-refractivity contribution in [1.29, 1.82) is 0 Å². The normalized spacial score (nSPS) is 22.7. The Morgan fingerprint density at radius 3 is 2.40 bits per heavy atom. The van der Waals surface area contributed by atoms with E-state index in [-0.39, 0.29) is 11.2 Å². The Morgan fingerprint density at radius 2 is 2.00 bits per heavy atom. The summed E-state index contributed by atoms with van der Waals surface area (Å²) in [6.07, 6.45) is 5.73. The first-order valence-electron chi connectivity index (χ1n) is 3.45. The average molecular weight is 136 g/mol. The van der Waals surface area contributed by atoms with Crippen LogP contribution in [0.25, 0.3) is 0 Å². The third kappa shape index (κ3) is 1.04. The quantitative estimate of drug-likeness (QED) is 0.498. The second-order valence-electron chi connectivity index (χ2n) is 3.26. The van der Waals surface area contributed by atoms with Crippen LogP contribution in [0.4, 0.5) is 0 Å². The second-order valence-corrected chi connectivity index (χ2v) is 3.26. The van der Waals surface area contributed by atoms with Crippen LogP contribution in [0.2, 0.25) is 0 Å². The molecule has 0 aliphatic heterocycles. The van der Waals surface area contributed by atoms with Crippen LogP contribution < -0.4 is 0 Å². The summed E-state index contributed by atoms with van der Waals surface area (Å²) in [4.78, 5) is 11.3. The molecule has 0 amide bonds. The van der Waals surface area contributed by atoms with Crippen molar-refractivity contribution in [3.63, 3.8) is 0 Å². The molecule has 0 radical (unpaired) electrons. The fraction of sp³-hybridized carbons (Fsp3) is 0.444. The van der Waals surface area contributed by atoms with Crippen LogP contribution in [0.3, 0.4) is 0 Å². The Balaban J connectivity index is 3.01. The van der Waals surface area contributed by atoms with Crippen LogP contribution in [-0.4, -0.2) is 5.78 Å². The predicted molar refractivity (Wildman–Crippen MR) is 41.7 cm³/mol. The van der Waals surface area contributed by atoms with E-state index in [9.17, 15) is 4.79 Å². The van der Waals surface area contributed by atoms with Crippen LogP contribution in [0.15, 0.2) is 23.8 Å². The maximum atomic E-state index is 11.3. The maximum absolute atomic E-state index is 11.3. The minimum atomic E-state index is -0.279. The monoisotopic (exact) mass is 136 g/mol. The van der Waals surface area contributed by atoms with Gasteiger partial charge >= 0.3 is 0 Å². The molecular weight excluding hydrogens is 124 g/mol. The van der Waals surface area contributed by atoms with E-state index in [1.54, 1.807) is 0 Å². The fourth-order valence-electron chi connectivity index (χ4n) is 1.09. The highest BCUT2D eigenvalue weighted by atomic mass is 16.1. The Kier molecular flexibility index (Phi) is 1.51. The first kappa shape index (κ1) is 7.26. The van der Waals surface area contributed by atoms with Crippen molar-refractivity contribution < 1.29 is 4.79 Å². The Bertz CT molecular complexity index is 219. The van der Waals surface area contributed by atoms with Gasteiger partial charge in [0, 0.05) is 5.41 Å². The standard InChI is InChI=1S/C9H12O/c1-7-5-4-6-9(2,3)8(7)10/h4-6H,1-3H3. The summed E-state index contributed by atoms with van der Waals surface area (Å²) >= 11 is 0. The molecule has 1 rings (SSSR count). The highest BCUT2D eigenvalue weighted by Crippen LogP contribution is 2.25. The van der Waals surface area contributed by atoms with Gasteiger partial charge in [-0.3, -0.25) is 4.79 Å². The molecule has 0 heterocycles. The molecule has 10 heavy (non-hydrogen) atoms. The predicted octanol–water partition coefficient (Wildman–Crippen LogP) is 2.10. The Labute approximate surface area is 61.4 Å². The van der Waals surface area contributed by atoms with E-state index < -0.39 is 0 Å². The molecule has 0 bridgehead atoms. The van der Waals surface area contributed by atoms with E-state index >= 15 is 0 Å². The molecule has 0 saturated carbocycles. The van der Waals surface area contributed by atoms with Crippen molar-refractivity contribution in [2.24, 2.45) is 5.41 Å². The summed E-state index contributed by atoms with van der Waals surface area (Å²) in [7, 11) is 0. The third-order valence-electron chi connectivity index (χ3n) is 1.80. The van der Waals surface area contributed by atoms with Gasteiger partial charge in [-0.1, -0.05) is 18.2 Å². The third-order valence-corrected chi connectivity index (χ3v) is 1.80. The van der Waals surface area contributed by atoms with Gasteiger partial charge < -0.3 is 0 Å². The van der Waals surface area contributed by atoms with Crippen LogP contribution in [0.1, 0.15) is 20.8 Å². The zero-order valence-corrected chi connectivity index (χ0v) is 6.64. The van der Waals surface area contributed by atoms with Gasteiger partial charge in [0.05, 0.1) is 0 Å². The largest absolute Gasteiger partial charge is 0.294 e. The molecule has 0 aromatic heterocycles. The summed E-state index contributed by atoms with van der Waals surface area (Å²) in [5.41, 5.74) is 0.575. The Morgan fingerprint density at radius 1 is 1.40 bits per heavy atom.